The molecule has 0 radical (unpaired) electrons. The highest BCUT2D eigenvalue weighted by Crippen LogP contribution is 2.28. The molecule has 2 N–H and O–H groups in total. The molecule has 0 spiro atoms. The minimum atomic E-state index is -0.689. The number of nitrogens with one attached hydrogen (secondary N) is 2. The Bertz CT molecular complexity index is 670. The van der Waals surface area contributed by atoms with Gasteiger partial charge in [0.25, 0.3) is 5.91 Å². The summed E-state index contributed by atoms with van der Waals surface area (Å²) in [4.78, 5) is 35.6. The lowest BCUT2D eigenvalue weighted by Crippen LogP contribution is -2.44. The van der Waals surface area contributed by atoms with Crippen molar-refractivity contribution in [1.29, 1.82) is 0 Å². The quantitative estimate of drug-likeness (QED) is 0.674. The Morgan fingerprint density at radius 1 is 1.04 bits per heavy atom. The Balaban J connectivity index is 1.84. The summed E-state index contributed by atoms with van der Waals surface area (Å²) in [6.07, 6.45) is 3.97. The maximum atomic E-state index is 12.1. The normalized spacial score (nSPS) is 13.7. The first-order valence-electron chi connectivity index (χ1n) is 9.20. The summed E-state index contributed by atoms with van der Waals surface area (Å²) < 4.78 is 15.9. The molecule has 1 aromatic carbocycles. The zero-order valence-electron chi connectivity index (χ0n) is 15.7. The molecule has 0 aliphatic heterocycles. The van der Waals surface area contributed by atoms with Gasteiger partial charge in [0.15, 0.2) is 18.1 Å². The molecule has 1 aliphatic carbocycles. The molecule has 0 saturated heterocycles. The first-order valence-corrected chi connectivity index (χ1v) is 9.20. The van der Waals surface area contributed by atoms with Gasteiger partial charge in [0, 0.05) is 6.04 Å². The maximum absolute atomic E-state index is 12.1. The second-order valence-corrected chi connectivity index (χ2v) is 6.11. The monoisotopic (exact) mass is 378 g/mol. The van der Waals surface area contributed by atoms with Crippen LogP contribution < -0.4 is 20.1 Å². The van der Waals surface area contributed by atoms with E-state index in [1.165, 1.54) is 12.1 Å². The van der Waals surface area contributed by atoms with Gasteiger partial charge in [-0.1, -0.05) is 12.8 Å². The van der Waals surface area contributed by atoms with Crippen LogP contribution in [0.5, 0.6) is 11.5 Å². The van der Waals surface area contributed by atoms with Crippen molar-refractivity contribution in [3.63, 3.8) is 0 Å². The van der Waals surface area contributed by atoms with E-state index in [0.29, 0.717) is 24.7 Å². The highest BCUT2D eigenvalue weighted by atomic mass is 16.5. The number of carbonyl (C=O) groups excluding carboxylic acids is 3. The molecule has 1 aliphatic rings. The van der Waals surface area contributed by atoms with Gasteiger partial charge in [0.05, 0.1) is 18.8 Å². The number of benzene rings is 1. The van der Waals surface area contributed by atoms with Crippen molar-refractivity contribution in [2.45, 2.75) is 45.6 Å². The van der Waals surface area contributed by atoms with E-state index in [1.54, 1.807) is 6.07 Å². The van der Waals surface area contributed by atoms with Crippen LogP contribution in [-0.4, -0.2) is 43.8 Å². The fourth-order valence-electron chi connectivity index (χ4n) is 2.85. The molecule has 0 bridgehead atoms. The molecule has 0 aromatic heterocycles. The lowest BCUT2D eigenvalue weighted by atomic mass is 10.2. The number of hydrogen-bond acceptors (Lipinski definition) is 6. The highest BCUT2D eigenvalue weighted by Gasteiger charge is 2.19. The molecule has 1 fully saturated rings. The van der Waals surface area contributed by atoms with Crippen LogP contribution in [0.3, 0.4) is 0 Å². The third-order valence-electron chi connectivity index (χ3n) is 4.06. The van der Waals surface area contributed by atoms with Gasteiger partial charge in [0.1, 0.15) is 0 Å². The molecular weight excluding hydrogens is 352 g/mol. The van der Waals surface area contributed by atoms with E-state index in [2.05, 4.69) is 10.6 Å². The zero-order valence-corrected chi connectivity index (χ0v) is 15.7. The number of urea groups is 1. The SMILES string of the molecule is CCOc1ccc(C(=O)OCC(=O)NC(=O)NC2CCCC2)cc1OCC. The molecule has 3 amide bonds. The van der Waals surface area contributed by atoms with Crippen LogP contribution in [0.15, 0.2) is 18.2 Å². The smallest absolute Gasteiger partial charge is 0.338 e. The molecule has 8 heteroatoms. The van der Waals surface area contributed by atoms with Crippen LogP contribution in [0.1, 0.15) is 49.9 Å². The van der Waals surface area contributed by atoms with E-state index >= 15 is 0 Å². The van der Waals surface area contributed by atoms with Crippen LogP contribution in [0, 0.1) is 0 Å². The Morgan fingerprint density at radius 2 is 1.70 bits per heavy atom. The molecule has 1 aromatic rings. The van der Waals surface area contributed by atoms with Crippen molar-refractivity contribution >= 4 is 17.9 Å². The van der Waals surface area contributed by atoms with E-state index in [1.807, 2.05) is 13.8 Å². The predicted molar refractivity (Wildman–Crippen MR) is 98.0 cm³/mol. The average Bonchev–Trinajstić information content (AvgIpc) is 3.14. The summed E-state index contributed by atoms with van der Waals surface area (Å²) >= 11 is 0. The molecule has 27 heavy (non-hydrogen) atoms. The van der Waals surface area contributed by atoms with Crippen molar-refractivity contribution in [3.8, 4) is 11.5 Å². The summed E-state index contributed by atoms with van der Waals surface area (Å²) in [7, 11) is 0. The second kappa shape index (κ2) is 10.4. The number of ether oxygens (including phenoxy) is 3. The zero-order chi connectivity index (χ0) is 19.6. The van der Waals surface area contributed by atoms with Gasteiger partial charge in [-0.15, -0.1) is 0 Å². The molecule has 0 atom stereocenters. The topological polar surface area (TPSA) is 103 Å². The minimum absolute atomic E-state index is 0.0983. The van der Waals surface area contributed by atoms with Crippen LogP contribution in [0.2, 0.25) is 0 Å². The van der Waals surface area contributed by atoms with Crippen molar-refractivity contribution in [1.82, 2.24) is 10.6 Å². The summed E-state index contributed by atoms with van der Waals surface area (Å²) in [5.74, 6) is -0.424. The first kappa shape index (κ1) is 20.5. The molecule has 0 unspecified atom stereocenters. The Kier molecular flexibility index (Phi) is 7.91. The molecule has 8 nitrogen and oxygen atoms in total. The maximum Gasteiger partial charge on any atom is 0.338 e. The Morgan fingerprint density at radius 3 is 2.37 bits per heavy atom. The highest BCUT2D eigenvalue weighted by molar-refractivity contribution is 5.97. The third-order valence-corrected chi connectivity index (χ3v) is 4.06. The van der Waals surface area contributed by atoms with Crippen LogP contribution in [0.4, 0.5) is 4.79 Å². The van der Waals surface area contributed by atoms with E-state index in [4.69, 9.17) is 14.2 Å². The number of carbonyl (C=O) groups is 3. The van der Waals surface area contributed by atoms with Crippen LogP contribution in [-0.2, 0) is 9.53 Å². The largest absolute Gasteiger partial charge is 0.490 e. The minimum Gasteiger partial charge on any atom is -0.490 e. The lowest BCUT2D eigenvalue weighted by molar-refractivity contribution is -0.123. The van der Waals surface area contributed by atoms with Crippen molar-refractivity contribution < 1.29 is 28.6 Å². The Hall–Kier alpha value is -2.77. The third kappa shape index (κ3) is 6.47. The van der Waals surface area contributed by atoms with E-state index in [9.17, 15) is 14.4 Å². The molecule has 148 valence electrons. The molecule has 1 saturated carbocycles. The standard InChI is InChI=1S/C19H26N2O6/c1-3-25-15-10-9-13(11-16(15)26-4-2)18(23)27-12-17(22)21-19(24)20-14-7-5-6-8-14/h9-11,14H,3-8,12H2,1-2H3,(H2,20,21,22,24). The van der Waals surface area contributed by atoms with E-state index < -0.39 is 24.5 Å². The number of amides is 3. The predicted octanol–water partition coefficient (Wildman–Crippen LogP) is 2.41. The van der Waals surface area contributed by atoms with Gasteiger partial charge in [0.2, 0.25) is 0 Å². The van der Waals surface area contributed by atoms with Gasteiger partial charge >= 0.3 is 12.0 Å². The fraction of sp³-hybridized carbons (Fsp3) is 0.526. The van der Waals surface area contributed by atoms with Gasteiger partial charge in [-0.25, -0.2) is 9.59 Å². The molecular formula is C19H26N2O6. The summed E-state index contributed by atoms with van der Waals surface area (Å²) in [5, 5.41) is 4.89. The van der Waals surface area contributed by atoms with Crippen molar-refractivity contribution in [2.75, 3.05) is 19.8 Å². The number of rotatable bonds is 8. The Labute approximate surface area is 158 Å². The number of imide groups is 1. The summed E-state index contributed by atoms with van der Waals surface area (Å²) in [5.41, 5.74) is 0.227. The van der Waals surface area contributed by atoms with Crippen LogP contribution in [0.25, 0.3) is 0 Å². The summed E-state index contributed by atoms with van der Waals surface area (Å²) in [6, 6.07) is 4.17. The fourth-order valence-corrected chi connectivity index (χ4v) is 2.85. The molecule has 0 heterocycles. The average molecular weight is 378 g/mol. The lowest BCUT2D eigenvalue weighted by Gasteiger charge is -2.13. The van der Waals surface area contributed by atoms with Gasteiger partial charge < -0.3 is 19.5 Å². The van der Waals surface area contributed by atoms with E-state index in [0.717, 1.165) is 25.7 Å². The molecule has 2 rings (SSSR count). The van der Waals surface area contributed by atoms with Gasteiger partial charge in [-0.3, -0.25) is 10.1 Å². The number of esters is 1. The van der Waals surface area contributed by atoms with Gasteiger partial charge in [-0.2, -0.15) is 0 Å². The first-order chi connectivity index (χ1) is 13.0. The van der Waals surface area contributed by atoms with Crippen molar-refractivity contribution in [3.05, 3.63) is 23.8 Å². The van der Waals surface area contributed by atoms with Crippen molar-refractivity contribution in [2.24, 2.45) is 0 Å². The van der Waals surface area contributed by atoms with Gasteiger partial charge in [-0.05, 0) is 44.9 Å². The van der Waals surface area contributed by atoms with E-state index in [-0.39, 0.29) is 11.6 Å². The van der Waals surface area contributed by atoms with Crippen LogP contribution >= 0.6 is 0 Å². The second-order valence-electron chi connectivity index (χ2n) is 6.11. The summed E-state index contributed by atoms with van der Waals surface area (Å²) in [6.45, 7) is 4.00. The number of hydrogen-bond donors (Lipinski definition) is 2.